The number of sulfonamides is 1. The molecule has 0 saturated carbocycles. The Morgan fingerprint density at radius 1 is 0.968 bits per heavy atom. The van der Waals surface area contributed by atoms with Crippen LogP contribution in [0.2, 0.25) is 0 Å². The van der Waals surface area contributed by atoms with E-state index >= 15 is 0 Å². The fourth-order valence-electron chi connectivity index (χ4n) is 3.73. The second kappa shape index (κ2) is 10.2. The summed E-state index contributed by atoms with van der Waals surface area (Å²) < 4.78 is 39.3. The van der Waals surface area contributed by atoms with E-state index in [0.717, 1.165) is 31.2 Å². The molecule has 1 atom stereocenters. The molecule has 168 valence electrons. The normalized spacial score (nSPS) is 15.8. The fourth-order valence-corrected chi connectivity index (χ4v) is 4.98. The lowest BCUT2D eigenvalue weighted by molar-refractivity contribution is 0.0758. The van der Waals surface area contributed by atoms with E-state index in [1.54, 1.807) is 31.1 Å². The van der Waals surface area contributed by atoms with Gasteiger partial charge in [0, 0.05) is 19.1 Å². The van der Waals surface area contributed by atoms with Crippen LogP contribution in [-0.4, -0.2) is 46.5 Å². The third-order valence-electron chi connectivity index (χ3n) is 5.55. The van der Waals surface area contributed by atoms with E-state index in [2.05, 4.69) is 4.72 Å². The molecule has 31 heavy (non-hydrogen) atoms. The molecule has 1 amide bonds. The van der Waals surface area contributed by atoms with Crippen LogP contribution in [0.3, 0.4) is 0 Å². The number of nitrogens with zero attached hydrogens (tertiary/aromatic N) is 1. The molecule has 1 saturated heterocycles. The predicted octanol–water partition coefficient (Wildman–Crippen LogP) is 3.76. The summed E-state index contributed by atoms with van der Waals surface area (Å²) in [6, 6.07) is 11.1. The minimum atomic E-state index is -3.85. The van der Waals surface area contributed by atoms with Gasteiger partial charge in [-0.15, -0.1) is 0 Å². The Labute approximate surface area is 184 Å². The molecule has 0 aromatic heterocycles. The minimum absolute atomic E-state index is 0.0341. The van der Waals surface area contributed by atoms with Gasteiger partial charge in [-0.2, -0.15) is 0 Å². The summed E-state index contributed by atoms with van der Waals surface area (Å²) in [6.45, 7) is 3.11. The monoisotopic (exact) mass is 446 g/mol. The molecule has 1 aliphatic rings. The number of nitrogens with one attached hydrogen (secondary N) is 1. The number of hydrogen-bond donors (Lipinski definition) is 1. The van der Waals surface area contributed by atoms with Crippen molar-refractivity contribution in [3.63, 3.8) is 0 Å². The van der Waals surface area contributed by atoms with Crippen molar-refractivity contribution >= 4 is 15.9 Å². The highest BCUT2D eigenvalue weighted by Gasteiger charge is 2.25. The van der Waals surface area contributed by atoms with E-state index in [1.807, 2.05) is 12.1 Å². The summed E-state index contributed by atoms with van der Waals surface area (Å²) in [7, 11) is -0.792. The van der Waals surface area contributed by atoms with Crippen LogP contribution < -0.4 is 14.2 Å². The zero-order valence-corrected chi connectivity index (χ0v) is 19.1. The van der Waals surface area contributed by atoms with Crippen LogP contribution in [0.15, 0.2) is 47.4 Å². The Morgan fingerprint density at radius 3 is 2.19 bits per heavy atom. The first-order chi connectivity index (χ1) is 14.9. The van der Waals surface area contributed by atoms with Crippen LogP contribution >= 0.6 is 0 Å². The molecule has 2 aromatic carbocycles. The molecule has 0 spiro atoms. The van der Waals surface area contributed by atoms with Gasteiger partial charge < -0.3 is 14.4 Å². The van der Waals surface area contributed by atoms with Crippen LogP contribution in [0.4, 0.5) is 0 Å². The molecule has 1 heterocycles. The molecule has 0 radical (unpaired) electrons. The van der Waals surface area contributed by atoms with Crippen molar-refractivity contribution in [2.45, 2.75) is 43.5 Å². The first-order valence-electron chi connectivity index (χ1n) is 10.5. The van der Waals surface area contributed by atoms with E-state index in [0.29, 0.717) is 24.6 Å². The third-order valence-corrected chi connectivity index (χ3v) is 7.09. The highest BCUT2D eigenvalue weighted by atomic mass is 32.2. The third kappa shape index (κ3) is 5.57. The topological polar surface area (TPSA) is 84.9 Å². The molecule has 2 aromatic rings. The summed E-state index contributed by atoms with van der Waals surface area (Å²) in [5.74, 6) is 0.876. The Kier molecular flexibility index (Phi) is 7.56. The summed E-state index contributed by atoms with van der Waals surface area (Å²) in [4.78, 5) is 15.0. The Bertz CT molecular complexity index is 997. The van der Waals surface area contributed by atoms with E-state index in [4.69, 9.17) is 9.47 Å². The number of carbonyl (C=O) groups is 1. The van der Waals surface area contributed by atoms with Gasteiger partial charge in [-0.1, -0.05) is 25.0 Å². The van der Waals surface area contributed by atoms with Gasteiger partial charge >= 0.3 is 0 Å². The largest absolute Gasteiger partial charge is 0.497 e. The molecule has 3 rings (SSSR count). The molecular formula is C23H30N2O5S. The van der Waals surface area contributed by atoms with Gasteiger partial charge in [-0.3, -0.25) is 4.79 Å². The van der Waals surface area contributed by atoms with E-state index in [1.165, 1.54) is 25.3 Å². The molecule has 1 N–H and O–H groups in total. The van der Waals surface area contributed by atoms with Crippen LogP contribution in [-0.2, 0) is 10.0 Å². The number of methoxy groups -OCH3 is 2. The fraction of sp³-hybridized carbons (Fsp3) is 0.435. The van der Waals surface area contributed by atoms with Crippen LogP contribution in [0.25, 0.3) is 0 Å². The standard InChI is InChI=1S/C23H30N2O5S/c1-17(18-8-10-19(29-2)11-9-18)24-31(27,28)20-12-13-22(30-3)21(16-20)23(26)25-14-6-4-5-7-15-25/h8-13,16-17,24H,4-7,14-15H2,1-3H3/t17-/m1/s1. The predicted molar refractivity (Wildman–Crippen MR) is 119 cm³/mol. The number of amides is 1. The van der Waals surface area contributed by atoms with Crippen LogP contribution in [0, 0.1) is 0 Å². The van der Waals surface area contributed by atoms with Gasteiger partial charge in [0.2, 0.25) is 10.0 Å². The SMILES string of the molecule is COc1ccc([C@@H](C)NS(=O)(=O)c2ccc(OC)c(C(=O)N3CCCCCC3)c2)cc1. The Hall–Kier alpha value is -2.58. The van der Waals surface area contributed by atoms with Crippen molar-refractivity contribution in [1.29, 1.82) is 0 Å². The van der Waals surface area contributed by atoms with E-state index in [9.17, 15) is 13.2 Å². The number of hydrogen-bond acceptors (Lipinski definition) is 5. The van der Waals surface area contributed by atoms with Crippen molar-refractivity contribution in [1.82, 2.24) is 9.62 Å². The van der Waals surface area contributed by atoms with E-state index in [-0.39, 0.29) is 16.4 Å². The lowest BCUT2D eigenvalue weighted by Gasteiger charge is -2.22. The number of rotatable bonds is 7. The number of likely N-dealkylation sites (tertiary alicyclic amines) is 1. The van der Waals surface area contributed by atoms with Gasteiger partial charge in [0.1, 0.15) is 11.5 Å². The quantitative estimate of drug-likeness (QED) is 0.700. The average molecular weight is 447 g/mol. The van der Waals surface area contributed by atoms with Crippen molar-refractivity contribution in [3.05, 3.63) is 53.6 Å². The van der Waals surface area contributed by atoms with Crippen LogP contribution in [0.5, 0.6) is 11.5 Å². The second-order valence-electron chi connectivity index (χ2n) is 7.68. The van der Waals surface area contributed by atoms with Crippen molar-refractivity contribution in [2.24, 2.45) is 0 Å². The van der Waals surface area contributed by atoms with Crippen molar-refractivity contribution in [3.8, 4) is 11.5 Å². The molecule has 0 aliphatic carbocycles. The zero-order valence-electron chi connectivity index (χ0n) is 18.3. The molecule has 1 fully saturated rings. The first kappa shape index (κ1) is 23.1. The number of ether oxygens (including phenoxy) is 2. The summed E-state index contributed by atoms with van der Waals surface area (Å²) >= 11 is 0. The Morgan fingerprint density at radius 2 is 1.61 bits per heavy atom. The lowest BCUT2D eigenvalue weighted by Crippen LogP contribution is -2.32. The summed E-state index contributed by atoms with van der Waals surface area (Å²) in [5.41, 5.74) is 1.07. The highest BCUT2D eigenvalue weighted by molar-refractivity contribution is 7.89. The molecule has 7 nitrogen and oxygen atoms in total. The highest BCUT2D eigenvalue weighted by Crippen LogP contribution is 2.26. The number of benzene rings is 2. The molecule has 8 heteroatoms. The van der Waals surface area contributed by atoms with Gasteiger partial charge in [-0.05, 0) is 55.7 Å². The second-order valence-corrected chi connectivity index (χ2v) is 9.40. The summed E-state index contributed by atoms with van der Waals surface area (Å²) in [5, 5.41) is 0. The molecule has 0 unspecified atom stereocenters. The molecular weight excluding hydrogens is 416 g/mol. The molecule has 1 aliphatic heterocycles. The smallest absolute Gasteiger partial charge is 0.257 e. The first-order valence-corrected chi connectivity index (χ1v) is 12.0. The van der Waals surface area contributed by atoms with Crippen molar-refractivity contribution < 1.29 is 22.7 Å². The van der Waals surface area contributed by atoms with Gasteiger partial charge in [0.05, 0.1) is 24.7 Å². The maximum absolute atomic E-state index is 13.1. The zero-order chi connectivity index (χ0) is 22.4. The maximum atomic E-state index is 13.1. The molecule has 0 bridgehead atoms. The Balaban J connectivity index is 1.85. The maximum Gasteiger partial charge on any atom is 0.257 e. The average Bonchev–Trinajstić information content (AvgIpc) is 3.07. The van der Waals surface area contributed by atoms with Crippen LogP contribution in [0.1, 0.15) is 54.6 Å². The van der Waals surface area contributed by atoms with Gasteiger partial charge in [0.25, 0.3) is 5.91 Å². The summed E-state index contributed by atoms with van der Waals surface area (Å²) in [6.07, 6.45) is 4.10. The number of carbonyl (C=O) groups excluding carboxylic acids is 1. The lowest BCUT2D eigenvalue weighted by atomic mass is 10.1. The minimum Gasteiger partial charge on any atom is -0.497 e. The van der Waals surface area contributed by atoms with Gasteiger partial charge in [0.15, 0.2) is 0 Å². The van der Waals surface area contributed by atoms with Crippen molar-refractivity contribution in [2.75, 3.05) is 27.3 Å². The van der Waals surface area contributed by atoms with E-state index < -0.39 is 16.1 Å². The van der Waals surface area contributed by atoms with Gasteiger partial charge in [-0.25, -0.2) is 13.1 Å².